The van der Waals surface area contributed by atoms with Gasteiger partial charge in [-0.1, -0.05) is 31.2 Å². The van der Waals surface area contributed by atoms with Gasteiger partial charge in [-0.05, 0) is 52.2 Å². The molecule has 3 rings (SSSR count). The predicted molar refractivity (Wildman–Crippen MR) is 87.4 cm³/mol. The quantitative estimate of drug-likeness (QED) is 0.889. The van der Waals surface area contributed by atoms with E-state index >= 15 is 0 Å². The zero-order valence-corrected chi connectivity index (χ0v) is 14.1. The molecule has 0 spiro atoms. The van der Waals surface area contributed by atoms with Gasteiger partial charge in [0.1, 0.15) is 0 Å². The summed E-state index contributed by atoms with van der Waals surface area (Å²) in [6.07, 6.45) is 3.59. The molecule has 1 unspecified atom stereocenters. The first-order chi connectivity index (χ1) is 10.1. The first kappa shape index (κ1) is 14.8. The summed E-state index contributed by atoms with van der Waals surface area (Å²) < 4.78 is 2.89. The summed E-state index contributed by atoms with van der Waals surface area (Å²) in [5.41, 5.74) is 4.47. The van der Waals surface area contributed by atoms with Crippen molar-refractivity contribution in [1.29, 1.82) is 0 Å². The Balaban J connectivity index is 1.76. The topological polar surface area (TPSA) is 38.0 Å². The lowest BCUT2D eigenvalue weighted by atomic mass is 10.0. The van der Waals surface area contributed by atoms with Crippen LogP contribution in [0, 0.1) is 0 Å². The van der Waals surface area contributed by atoms with E-state index in [4.69, 9.17) is 0 Å². The molecule has 1 saturated carbocycles. The number of benzene rings is 1. The summed E-state index contributed by atoms with van der Waals surface area (Å²) in [5, 5.41) is 15.0. The molecule has 1 fully saturated rings. The highest BCUT2D eigenvalue weighted by Gasteiger charge is 2.23. The number of hydrogen-bond donors (Lipinski definition) is 1. The van der Waals surface area contributed by atoms with E-state index in [2.05, 4.69) is 52.2 Å². The molecule has 1 aromatic heterocycles. The minimum Gasteiger partial charge on any atom is -0.388 e. The first-order valence-corrected chi connectivity index (χ1v) is 8.37. The molecule has 1 aromatic carbocycles. The molecule has 3 nitrogen and oxygen atoms in total. The van der Waals surface area contributed by atoms with E-state index in [1.807, 2.05) is 11.7 Å². The highest BCUT2D eigenvalue weighted by atomic mass is 79.9. The fourth-order valence-corrected chi connectivity index (χ4v) is 3.53. The molecule has 1 aliphatic rings. The van der Waals surface area contributed by atoms with E-state index in [1.54, 1.807) is 0 Å². The number of aliphatic hydroxyl groups is 1. The van der Waals surface area contributed by atoms with Crippen LogP contribution in [0.1, 0.15) is 54.3 Å². The lowest BCUT2D eigenvalue weighted by Gasteiger charge is -2.12. The van der Waals surface area contributed by atoms with Crippen LogP contribution in [-0.4, -0.2) is 14.9 Å². The summed E-state index contributed by atoms with van der Waals surface area (Å²) in [7, 11) is 1.93. The molecular formula is C17H21BrN2O. The molecule has 21 heavy (non-hydrogen) atoms. The predicted octanol–water partition coefficient (Wildman–Crippen LogP) is 3.90. The second-order valence-electron chi connectivity index (χ2n) is 5.85. The fourth-order valence-electron chi connectivity index (χ4n) is 2.75. The van der Waals surface area contributed by atoms with Gasteiger partial charge in [0.05, 0.1) is 22.0 Å². The fraction of sp³-hybridized carbons (Fsp3) is 0.471. The maximum Gasteiger partial charge on any atom is 0.0845 e. The van der Waals surface area contributed by atoms with Crippen molar-refractivity contribution in [3.05, 3.63) is 51.3 Å². The minimum absolute atomic E-state index is 0.491. The maximum absolute atomic E-state index is 10.5. The Morgan fingerprint density at radius 1 is 1.33 bits per heavy atom. The van der Waals surface area contributed by atoms with Gasteiger partial charge in [0.25, 0.3) is 0 Å². The number of halogens is 1. The molecule has 1 heterocycles. The van der Waals surface area contributed by atoms with Crippen LogP contribution in [0.3, 0.4) is 0 Å². The molecule has 0 saturated heterocycles. The summed E-state index contributed by atoms with van der Waals surface area (Å²) in [5.74, 6) is 0.759. The van der Waals surface area contributed by atoms with E-state index < -0.39 is 6.10 Å². The van der Waals surface area contributed by atoms with Gasteiger partial charge in [0, 0.05) is 13.5 Å². The third-order valence-corrected chi connectivity index (χ3v) is 5.18. The van der Waals surface area contributed by atoms with Gasteiger partial charge in [0.15, 0.2) is 0 Å². The number of rotatable bonds is 5. The van der Waals surface area contributed by atoms with Crippen molar-refractivity contribution in [3.8, 4) is 0 Å². The van der Waals surface area contributed by atoms with E-state index in [9.17, 15) is 5.11 Å². The number of aryl methyl sites for hydroxylation is 2. The molecule has 112 valence electrons. The van der Waals surface area contributed by atoms with E-state index in [-0.39, 0.29) is 0 Å². The van der Waals surface area contributed by atoms with Crippen molar-refractivity contribution >= 4 is 15.9 Å². The van der Waals surface area contributed by atoms with Crippen molar-refractivity contribution in [3.63, 3.8) is 0 Å². The summed E-state index contributed by atoms with van der Waals surface area (Å²) in [6, 6.07) is 8.44. The molecule has 0 aliphatic heterocycles. The normalized spacial score (nSPS) is 16.2. The van der Waals surface area contributed by atoms with E-state index in [1.165, 1.54) is 18.4 Å². The molecule has 1 atom stereocenters. The number of hydrogen-bond acceptors (Lipinski definition) is 2. The molecule has 0 amide bonds. The molecule has 2 aromatic rings. The Bertz CT molecular complexity index is 629. The Hall–Kier alpha value is -1.13. The van der Waals surface area contributed by atoms with E-state index in [0.29, 0.717) is 6.42 Å². The highest BCUT2D eigenvalue weighted by Crippen LogP contribution is 2.40. The second-order valence-corrected chi connectivity index (χ2v) is 6.64. The van der Waals surface area contributed by atoms with Gasteiger partial charge in [-0.3, -0.25) is 4.68 Å². The van der Waals surface area contributed by atoms with Crippen LogP contribution in [0.5, 0.6) is 0 Å². The van der Waals surface area contributed by atoms with Crippen LogP contribution in [0.2, 0.25) is 0 Å². The number of aliphatic hydroxyl groups excluding tert-OH is 1. The molecule has 1 N–H and O–H groups in total. The lowest BCUT2D eigenvalue weighted by molar-refractivity contribution is 0.175. The number of nitrogens with zero attached hydrogens (tertiary/aromatic N) is 2. The Morgan fingerprint density at radius 2 is 2.00 bits per heavy atom. The van der Waals surface area contributed by atoms with Gasteiger partial charge in [-0.15, -0.1) is 0 Å². The molecule has 0 radical (unpaired) electrons. The van der Waals surface area contributed by atoms with Gasteiger partial charge in [-0.2, -0.15) is 5.10 Å². The summed E-state index contributed by atoms with van der Waals surface area (Å²) in [6.45, 7) is 2.09. The average molecular weight is 349 g/mol. The number of aromatic nitrogens is 2. The minimum atomic E-state index is -0.491. The van der Waals surface area contributed by atoms with Crippen LogP contribution >= 0.6 is 15.9 Å². The van der Waals surface area contributed by atoms with Gasteiger partial charge >= 0.3 is 0 Å². The maximum atomic E-state index is 10.5. The van der Waals surface area contributed by atoms with Crippen molar-refractivity contribution in [2.24, 2.45) is 7.05 Å². The van der Waals surface area contributed by atoms with E-state index in [0.717, 1.165) is 33.8 Å². The van der Waals surface area contributed by atoms with Gasteiger partial charge in [0.2, 0.25) is 0 Å². The van der Waals surface area contributed by atoms with Gasteiger partial charge < -0.3 is 5.11 Å². The lowest BCUT2D eigenvalue weighted by Crippen LogP contribution is -2.07. The van der Waals surface area contributed by atoms with Crippen LogP contribution in [-0.2, 0) is 19.9 Å². The average Bonchev–Trinajstić information content (AvgIpc) is 3.30. The Labute approximate surface area is 134 Å². The zero-order chi connectivity index (χ0) is 15.0. The van der Waals surface area contributed by atoms with Crippen LogP contribution in [0.25, 0.3) is 0 Å². The Morgan fingerprint density at radius 3 is 2.52 bits per heavy atom. The molecule has 4 heteroatoms. The zero-order valence-electron chi connectivity index (χ0n) is 12.5. The Kier molecular flexibility index (Phi) is 4.18. The van der Waals surface area contributed by atoms with Crippen LogP contribution in [0.15, 0.2) is 28.7 Å². The van der Waals surface area contributed by atoms with Crippen molar-refractivity contribution in [2.75, 3.05) is 0 Å². The first-order valence-electron chi connectivity index (χ1n) is 7.58. The van der Waals surface area contributed by atoms with Crippen molar-refractivity contribution in [2.45, 2.75) is 44.6 Å². The third kappa shape index (κ3) is 3.06. The van der Waals surface area contributed by atoms with Crippen LogP contribution in [0.4, 0.5) is 0 Å². The van der Waals surface area contributed by atoms with Gasteiger partial charge in [-0.25, -0.2) is 0 Å². The second kappa shape index (κ2) is 5.93. The highest BCUT2D eigenvalue weighted by molar-refractivity contribution is 9.10. The smallest absolute Gasteiger partial charge is 0.0845 e. The van der Waals surface area contributed by atoms with Crippen molar-refractivity contribution < 1.29 is 5.11 Å². The largest absolute Gasteiger partial charge is 0.388 e. The molecule has 0 bridgehead atoms. The monoisotopic (exact) mass is 348 g/mol. The van der Waals surface area contributed by atoms with Crippen molar-refractivity contribution in [1.82, 2.24) is 9.78 Å². The standard InChI is InChI=1S/C17H21BrN2O/c1-3-14-17(18)15(20(2)19-14)10-16(21)13-8-6-12(7-9-13)11-4-5-11/h6-9,11,16,21H,3-5,10H2,1-2H3. The summed E-state index contributed by atoms with van der Waals surface area (Å²) in [4.78, 5) is 0. The third-order valence-electron chi connectivity index (χ3n) is 4.26. The van der Waals surface area contributed by atoms with Crippen LogP contribution < -0.4 is 0 Å². The molecule has 1 aliphatic carbocycles. The summed E-state index contributed by atoms with van der Waals surface area (Å²) >= 11 is 3.61. The molecular weight excluding hydrogens is 328 g/mol. The SMILES string of the molecule is CCc1nn(C)c(CC(O)c2ccc(C3CC3)cc2)c1Br.